The Morgan fingerprint density at radius 2 is 1.34 bits per heavy atom. The van der Waals surface area contributed by atoms with Crippen LogP contribution in [-0.2, 0) is 6.54 Å². The highest BCUT2D eigenvalue weighted by atomic mass is 35.5. The minimum absolute atomic E-state index is 0.502. The highest BCUT2D eigenvalue weighted by molar-refractivity contribution is 6.31. The summed E-state index contributed by atoms with van der Waals surface area (Å²) in [4.78, 5) is 18.1. The van der Waals surface area contributed by atoms with Crippen LogP contribution in [0, 0.1) is 6.92 Å². The van der Waals surface area contributed by atoms with Crippen molar-refractivity contribution < 1.29 is 0 Å². The van der Waals surface area contributed by atoms with Crippen LogP contribution >= 0.6 is 23.2 Å². The van der Waals surface area contributed by atoms with E-state index >= 15 is 0 Å². The molecule has 0 fully saturated rings. The lowest BCUT2D eigenvalue weighted by molar-refractivity contribution is 0.974. The molecule has 0 spiro atoms. The van der Waals surface area contributed by atoms with Gasteiger partial charge in [0, 0.05) is 27.4 Å². The largest absolute Gasteiger partial charge is 0.363 e. The van der Waals surface area contributed by atoms with Gasteiger partial charge in [-0.15, -0.1) is 0 Å². The van der Waals surface area contributed by atoms with E-state index < -0.39 is 0 Å². The first-order chi connectivity index (χ1) is 14.1. The molecule has 144 valence electrons. The lowest BCUT2D eigenvalue weighted by Gasteiger charge is -2.12. The van der Waals surface area contributed by atoms with Crippen LogP contribution in [0.5, 0.6) is 0 Å². The van der Waals surface area contributed by atoms with Crippen LogP contribution in [0.25, 0.3) is 22.5 Å². The molecule has 2 heterocycles. The van der Waals surface area contributed by atoms with Gasteiger partial charge in [-0.05, 0) is 31.2 Å². The van der Waals surface area contributed by atoms with Crippen molar-refractivity contribution in [3.63, 3.8) is 0 Å². The van der Waals surface area contributed by atoms with Crippen LogP contribution in [0.15, 0.2) is 67.1 Å². The molecule has 0 aliphatic rings. The van der Waals surface area contributed by atoms with Crippen molar-refractivity contribution in [1.29, 1.82) is 0 Å². The van der Waals surface area contributed by atoms with E-state index in [-0.39, 0.29) is 0 Å². The van der Waals surface area contributed by atoms with Gasteiger partial charge in [0.2, 0.25) is 0 Å². The summed E-state index contributed by atoms with van der Waals surface area (Å²) in [5, 5.41) is 4.61. The van der Waals surface area contributed by atoms with Crippen molar-refractivity contribution in [2.45, 2.75) is 13.5 Å². The molecule has 0 unspecified atom stereocenters. The monoisotopic (exact) mass is 421 g/mol. The number of benzene rings is 2. The van der Waals surface area contributed by atoms with Crippen molar-refractivity contribution in [3.05, 3.63) is 88.6 Å². The van der Waals surface area contributed by atoms with Gasteiger partial charge in [-0.1, -0.05) is 47.5 Å². The van der Waals surface area contributed by atoms with E-state index in [0.29, 0.717) is 22.4 Å². The van der Waals surface area contributed by atoms with Gasteiger partial charge in [0.1, 0.15) is 5.82 Å². The van der Waals surface area contributed by atoms with Crippen LogP contribution in [0.1, 0.15) is 11.4 Å². The van der Waals surface area contributed by atoms with Gasteiger partial charge in [0.25, 0.3) is 0 Å². The maximum atomic E-state index is 6.06. The summed E-state index contributed by atoms with van der Waals surface area (Å²) in [5.41, 5.74) is 5.08. The number of anilines is 1. The second kappa shape index (κ2) is 8.55. The summed E-state index contributed by atoms with van der Waals surface area (Å²) in [6.07, 6.45) is 5.20. The predicted molar refractivity (Wildman–Crippen MR) is 117 cm³/mol. The smallest absolute Gasteiger partial charge is 0.145 e. The molecular formula is C22H17Cl2N5. The van der Waals surface area contributed by atoms with E-state index in [4.69, 9.17) is 28.2 Å². The maximum Gasteiger partial charge on any atom is 0.145 e. The van der Waals surface area contributed by atoms with Crippen LogP contribution < -0.4 is 5.32 Å². The Morgan fingerprint density at radius 1 is 0.724 bits per heavy atom. The summed E-state index contributed by atoms with van der Waals surface area (Å²) in [6, 6.07) is 15.1. The van der Waals surface area contributed by atoms with Crippen molar-refractivity contribution in [2.24, 2.45) is 0 Å². The van der Waals surface area contributed by atoms with Gasteiger partial charge in [-0.3, -0.25) is 15.0 Å². The topological polar surface area (TPSA) is 63.6 Å². The van der Waals surface area contributed by atoms with Crippen LogP contribution in [0.3, 0.4) is 0 Å². The molecule has 0 aliphatic heterocycles. The molecule has 0 bridgehead atoms. The summed E-state index contributed by atoms with van der Waals surface area (Å²) in [6.45, 7) is 2.41. The molecule has 0 atom stereocenters. The highest BCUT2D eigenvalue weighted by Gasteiger charge is 2.13. The standard InChI is InChI=1S/C22H17Cl2N5/c1-14-10-26-19(11-25-14)12-27-20-13-28-21(15-2-6-17(23)7-3-15)22(29-20)16-4-8-18(24)9-5-16/h2-11,13H,12H2,1H3,(H,27,29). The zero-order valence-corrected chi connectivity index (χ0v) is 17.1. The number of aryl methyl sites for hydroxylation is 1. The Bertz CT molecular complexity index is 1110. The molecule has 7 heteroatoms. The first-order valence-electron chi connectivity index (χ1n) is 8.99. The molecule has 4 rings (SSSR count). The third-order valence-electron chi connectivity index (χ3n) is 4.29. The average Bonchev–Trinajstić information content (AvgIpc) is 2.74. The minimum atomic E-state index is 0.502. The zero-order valence-electron chi connectivity index (χ0n) is 15.6. The van der Waals surface area contributed by atoms with Crippen LogP contribution in [-0.4, -0.2) is 19.9 Å². The second-order valence-electron chi connectivity index (χ2n) is 6.47. The van der Waals surface area contributed by atoms with Crippen LogP contribution in [0.2, 0.25) is 10.0 Å². The van der Waals surface area contributed by atoms with Gasteiger partial charge in [-0.25, -0.2) is 4.98 Å². The Hall–Kier alpha value is -3.02. The number of hydrogen-bond donors (Lipinski definition) is 1. The van der Waals surface area contributed by atoms with E-state index in [0.717, 1.165) is 33.9 Å². The fourth-order valence-electron chi connectivity index (χ4n) is 2.79. The van der Waals surface area contributed by atoms with E-state index in [1.54, 1.807) is 18.6 Å². The van der Waals surface area contributed by atoms with Crippen molar-refractivity contribution >= 4 is 29.0 Å². The molecule has 0 saturated carbocycles. The van der Waals surface area contributed by atoms with E-state index in [1.807, 2.05) is 55.5 Å². The van der Waals surface area contributed by atoms with Gasteiger partial charge < -0.3 is 5.32 Å². The number of rotatable bonds is 5. The molecule has 0 saturated heterocycles. The fourth-order valence-corrected chi connectivity index (χ4v) is 3.05. The van der Waals surface area contributed by atoms with E-state index in [9.17, 15) is 0 Å². The van der Waals surface area contributed by atoms with Crippen molar-refractivity contribution in [1.82, 2.24) is 19.9 Å². The maximum absolute atomic E-state index is 6.06. The number of halogens is 2. The summed E-state index contributed by atoms with van der Waals surface area (Å²) in [5.74, 6) is 0.648. The van der Waals surface area contributed by atoms with Gasteiger partial charge in [0.15, 0.2) is 0 Å². The normalized spacial score (nSPS) is 10.7. The van der Waals surface area contributed by atoms with Crippen molar-refractivity contribution in [2.75, 3.05) is 5.32 Å². The van der Waals surface area contributed by atoms with Crippen molar-refractivity contribution in [3.8, 4) is 22.5 Å². The number of nitrogens with zero attached hydrogens (tertiary/aromatic N) is 4. The molecule has 2 aromatic heterocycles. The molecule has 4 aromatic rings. The Balaban J connectivity index is 1.69. The molecular weight excluding hydrogens is 405 g/mol. The first kappa shape index (κ1) is 19.3. The lowest BCUT2D eigenvalue weighted by Crippen LogP contribution is -2.06. The summed E-state index contributed by atoms with van der Waals surface area (Å²) in [7, 11) is 0. The third-order valence-corrected chi connectivity index (χ3v) is 4.80. The molecule has 29 heavy (non-hydrogen) atoms. The first-order valence-corrected chi connectivity index (χ1v) is 9.74. The quantitative estimate of drug-likeness (QED) is 0.439. The van der Waals surface area contributed by atoms with E-state index in [1.165, 1.54) is 0 Å². The lowest BCUT2D eigenvalue weighted by atomic mass is 10.0. The molecule has 2 aromatic carbocycles. The minimum Gasteiger partial charge on any atom is -0.363 e. The fraction of sp³-hybridized carbons (Fsp3) is 0.0909. The van der Waals surface area contributed by atoms with E-state index in [2.05, 4.69) is 20.3 Å². The number of aromatic nitrogens is 4. The SMILES string of the molecule is Cc1cnc(CNc2cnc(-c3ccc(Cl)cc3)c(-c3ccc(Cl)cc3)n2)cn1. The third kappa shape index (κ3) is 4.70. The second-order valence-corrected chi connectivity index (χ2v) is 7.34. The molecule has 0 amide bonds. The summed E-state index contributed by atoms with van der Waals surface area (Å²) < 4.78 is 0. The van der Waals surface area contributed by atoms with Gasteiger partial charge >= 0.3 is 0 Å². The van der Waals surface area contributed by atoms with Crippen LogP contribution in [0.4, 0.5) is 5.82 Å². The Labute approximate surface area is 178 Å². The molecule has 0 aliphatic carbocycles. The number of hydrogen-bond acceptors (Lipinski definition) is 5. The molecule has 5 nitrogen and oxygen atoms in total. The Morgan fingerprint density at radius 3 is 1.93 bits per heavy atom. The molecule has 0 radical (unpaired) electrons. The predicted octanol–water partition coefficient (Wildman–Crippen LogP) is 5.83. The number of nitrogens with one attached hydrogen (secondary N) is 1. The van der Waals surface area contributed by atoms with Gasteiger partial charge in [0.05, 0.1) is 41.7 Å². The van der Waals surface area contributed by atoms with Gasteiger partial charge in [-0.2, -0.15) is 0 Å². The average molecular weight is 422 g/mol. The Kier molecular flexibility index (Phi) is 5.69. The zero-order chi connectivity index (χ0) is 20.2. The molecule has 1 N–H and O–H groups in total. The highest BCUT2D eigenvalue weighted by Crippen LogP contribution is 2.31. The summed E-state index contributed by atoms with van der Waals surface area (Å²) >= 11 is 12.1.